The SMILES string of the molecule is Cc1cc2c(NCC3(CC(=O)O)CCC3)ncnc2s1. The Hall–Kier alpha value is -1.69. The normalized spacial score (nSPS) is 16.9. The minimum Gasteiger partial charge on any atom is -0.481 e. The summed E-state index contributed by atoms with van der Waals surface area (Å²) in [4.78, 5) is 21.7. The second kappa shape index (κ2) is 5.01. The zero-order valence-corrected chi connectivity index (χ0v) is 12.2. The summed E-state index contributed by atoms with van der Waals surface area (Å²) in [6.45, 7) is 2.72. The molecule has 0 spiro atoms. The van der Waals surface area contributed by atoms with E-state index in [0.29, 0.717) is 6.54 Å². The molecular weight excluding hydrogens is 274 g/mol. The van der Waals surface area contributed by atoms with E-state index < -0.39 is 5.97 Å². The highest BCUT2D eigenvalue weighted by molar-refractivity contribution is 7.18. The van der Waals surface area contributed by atoms with Crippen LogP contribution < -0.4 is 5.32 Å². The number of aliphatic carboxylic acids is 1. The molecule has 0 amide bonds. The van der Waals surface area contributed by atoms with Crippen LogP contribution in [0.15, 0.2) is 12.4 Å². The van der Waals surface area contributed by atoms with E-state index in [1.165, 1.54) is 4.88 Å². The predicted molar refractivity (Wildman–Crippen MR) is 79.2 cm³/mol. The van der Waals surface area contributed by atoms with Crippen LogP contribution in [0, 0.1) is 12.3 Å². The smallest absolute Gasteiger partial charge is 0.303 e. The molecule has 2 heterocycles. The highest BCUT2D eigenvalue weighted by Gasteiger charge is 2.38. The number of carboxylic acids is 1. The Morgan fingerprint density at radius 1 is 1.50 bits per heavy atom. The summed E-state index contributed by atoms with van der Waals surface area (Å²) in [5.41, 5.74) is -0.103. The van der Waals surface area contributed by atoms with E-state index in [-0.39, 0.29) is 11.8 Å². The minimum absolute atomic E-state index is 0.103. The zero-order chi connectivity index (χ0) is 14.2. The predicted octanol–water partition coefficient (Wildman–Crippen LogP) is 3.06. The van der Waals surface area contributed by atoms with Crippen molar-refractivity contribution in [2.24, 2.45) is 5.41 Å². The number of nitrogens with one attached hydrogen (secondary N) is 1. The van der Waals surface area contributed by atoms with Crippen LogP contribution in [0.2, 0.25) is 0 Å². The molecule has 0 radical (unpaired) electrons. The Morgan fingerprint density at radius 3 is 2.95 bits per heavy atom. The van der Waals surface area contributed by atoms with Gasteiger partial charge < -0.3 is 10.4 Å². The van der Waals surface area contributed by atoms with Crippen LogP contribution in [0.1, 0.15) is 30.6 Å². The van der Waals surface area contributed by atoms with E-state index in [0.717, 1.165) is 35.3 Å². The number of aryl methyl sites for hydroxylation is 1. The van der Waals surface area contributed by atoms with E-state index in [4.69, 9.17) is 5.11 Å². The van der Waals surface area contributed by atoms with Crippen LogP contribution in [0.25, 0.3) is 10.2 Å². The first-order chi connectivity index (χ1) is 9.58. The molecule has 1 aliphatic rings. The van der Waals surface area contributed by atoms with Crippen LogP contribution in [0.5, 0.6) is 0 Å². The van der Waals surface area contributed by atoms with Gasteiger partial charge in [0.1, 0.15) is 17.0 Å². The molecule has 0 bridgehead atoms. The van der Waals surface area contributed by atoms with E-state index >= 15 is 0 Å². The number of aromatic nitrogens is 2. The van der Waals surface area contributed by atoms with E-state index in [9.17, 15) is 4.79 Å². The number of carbonyl (C=O) groups is 1. The van der Waals surface area contributed by atoms with Crippen molar-refractivity contribution in [3.05, 3.63) is 17.3 Å². The summed E-state index contributed by atoms with van der Waals surface area (Å²) >= 11 is 1.64. The first-order valence-electron chi connectivity index (χ1n) is 6.75. The zero-order valence-electron chi connectivity index (χ0n) is 11.3. The van der Waals surface area contributed by atoms with E-state index in [1.807, 2.05) is 6.92 Å². The molecule has 2 N–H and O–H groups in total. The molecular formula is C14H17N3O2S. The number of fused-ring (bicyclic) bond motifs is 1. The van der Waals surface area contributed by atoms with E-state index in [1.54, 1.807) is 17.7 Å². The lowest BCUT2D eigenvalue weighted by Crippen LogP contribution is -2.38. The standard InChI is InChI=1S/C14H17N3O2S/c1-9-5-10-12(16-8-17-13(10)20-9)15-7-14(3-2-4-14)6-11(18)19/h5,8H,2-4,6-7H2,1H3,(H,18,19)(H,15,16,17). The lowest BCUT2D eigenvalue weighted by atomic mass is 9.66. The number of nitrogens with zero attached hydrogens (tertiary/aromatic N) is 2. The lowest BCUT2D eigenvalue weighted by molar-refractivity contribution is -0.141. The quantitative estimate of drug-likeness (QED) is 0.885. The van der Waals surface area contributed by atoms with Crippen molar-refractivity contribution < 1.29 is 9.90 Å². The summed E-state index contributed by atoms with van der Waals surface area (Å²) in [5, 5.41) is 13.4. The molecule has 1 fully saturated rings. The summed E-state index contributed by atoms with van der Waals surface area (Å²) in [7, 11) is 0. The molecule has 5 nitrogen and oxygen atoms in total. The Balaban J connectivity index is 1.78. The molecule has 1 aliphatic carbocycles. The van der Waals surface area contributed by atoms with Crippen molar-refractivity contribution in [1.29, 1.82) is 0 Å². The molecule has 2 aromatic heterocycles. The molecule has 106 valence electrons. The maximum Gasteiger partial charge on any atom is 0.303 e. The van der Waals surface area contributed by atoms with Gasteiger partial charge in [-0.25, -0.2) is 9.97 Å². The number of anilines is 1. The molecule has 0 aliphatic heterocycles. The number of hydrogen-bond acceptors (Lipinski definition) is 5. The third-order valence-electron chi connectivity index (χ3n) is 4.02. The highest BCUT2D eigenvalue weighted by atomic mass is 32.1. The molecule has 0 saturated heterocycles. The van der Waals surface area contributed by atoms with Gasteiger partial charge in [0.25, 0.3) is 0 Å². The summed E-state index contributed by atoms with van der Waals surface area (Å²) < 4.78 is 0. The number of thiophene rings is 1. The molecule has 20 heavy (non-hydrogen) atoms. The van der Waals surface area contributed by atoms with Gasteiger partial charge in [0.2, 0.25) is 0 Å². The minimum atomic E-state index is -0.717. The molecule has 2 aromatic rings. The second-order valence-electron chi connectivity index (χ2n) is 5.58. The fraction of sp³-hybridized carbons (Fsp3) is 0.500. The van der Waals surface area contributed by atoms with Gasteiger partial charge in [0.05, 0.1) is 11.8 Å². The number of hydrogen-bond donors (Lipinski definition) is 2. The lowest BCUT2D eigenvalue weighted by Gasteiger charge is -2.41. The van der Waals surface area contributed by atoms with Gasteiger partial charge in [0.15, 0.2) is 0 Å². The fourth-order valence-electron chi connectivity index (χ4n) is 2.80. The number of carboxylic acid groups (broad SMARTS) is 1. The fourth-order valence-corrected chi connectivity index (χ4v) is 3.65. The van der Waals surface area contributed by atoms with Gasteiger partial charge in [-0.3, -0.25) is 4.79 Å². The molecule has 0 atom stereocenters. The van der Waals surface area contributed by atoms with Gasteiger partial charge >= 0.3 is 5.97 Å². The maximum atomic E-state index is 11.0. The van der Waals surface area contributed by atoms with Gasteiger partial charge in [0, 0.05) is 11.4 Å². The summed E-state index contributed by atoms with van der Waals surface area (Å²) in [5.74, 6) is 0.0988. The van der Waals surface area contributed by atoms with Crippen LogP contribution in [-0.4, -0.2) is 27.6 Å². The van der Waals surface area contributed by atoms with Crippen molar-refractivity contribution in [2.45, 2.75) is 32.6 Å². The van der Waals surface area contributed by atoms with Crippen LogP contribution in [0.4, 0.5) is 5.82 Å². The Labute approximate surface area is 121 Å². The Kier molecular flexibility index (Phi) is 3.33. The van der Waals surface area contributed by atoms with Gasteiger partial charge in [-0.2, -0.15) is 0 Å². The third-order valence-corrected chi connectivity index (χ3v) is 4.98. The Morgan fingerprint density at radius 2 is 2.30 bits per heavy atom. The average Bonchev–Trinajstić information content (AvgIpc) is 2.72. The van der Waals surface area contributed by atoms with Gasteiger partial charge in [-0.05, 0) is 31.2 Å². The summed E-state index contributed by atoms with van der Waals surface area (Å²) in [6.07, 6.45) is 4.86. The maximum absolute atomic E-state index is 11.0. The molecule has 0 unspecified atom stereocenters. The topological polar surface area (TPSA) is 75.1 Å². The largest absolute Gasteiger partial charge is 0.481 e. The first-order valence-corrected chi connectivity index (χ1v) is 7.56. The molecule has 6 heteroatoms. The highest BCUT2D eigenvalue weighted by Crippen LogP contribution is 2.44. The van der Waals surface area contributed by atoms with Crippen LogP contribution in [0.3, 0.4) is 0 Å². The first kappa shape index (κ1) is 13.3. The van der Waals surface area contributed by atoms with Crippen molar-refractivity contribution in [3.63, 3.8) is 0 Å². The van der Waals surface area contributed by atoms with Crippen LogP contribution >= 0.6 is 11.3 Å². The third kappa shape index (κ3) is 2.47. The number of rotatable bonds is 5. The Bertz CT molecular complexity index is 649. The molecule has 1 saturated carbocycles. The monoisotopic (exact) mass is 291 g/mol. The molecule has 0 aromatic carbocycles. The van der Waals surface area contributed by atoms with Crippen molar-refractivity contribution in [2.75, 3.05) is 11.9 Å². The van der Waals surface area contributed by atoms with Gasteiger partial charge in [-0.1, -0.05) is 6.42 Å². The average molecular weight is 291 g/mol. The van der Waals surface area contributed by atoms with Crippen molar-refractivity contribution in [3.8, 4) is 0 Å². The van der Waals surface area contributed by atoms with E-state index in [2.05, 4.69) is 21.4 Å². The molecule has 3 rings (SSSR count). The van der Waals surface area contributed by atoms with Crippen LogP contribution in [-0.2, 0) is 4.79 Å². The van der Waals surface area contributed by atoms with Crippen molar-refractivity contribution in [1.82, 2.24) is 9.97 Å². The summed E-state index contributed by atoms with van der Waals surface area (Å²) in [6, 6.07) is 2.08. The van der Waals surface area contributed by atoms with Gasteiger partial charge in [-0.15, -0.1) is 11.3 Å². The van der Waals surface area contributed by atoms with Crippen molar-refractivity contribution >= 4 is 33.3 Å². The second-order valence-corrected chi connectivity index (χ2v) is 6.81.